The Bertz CT molecular complexity index is 1310. The van der Waals surface area contributed by atoms with Crippen LogP contribution >= 0.6 is 11.3 Å². The lowest BCUT2D eigenvalue weighted by Crippen LogP contribution is -2.27. The number of H-pyrrole nitrogens is 1. The summed E-state index contributed by atoms with van der Waals surface area (Å²) in [7, 11) is 0. The van der Waals surface area contributed by atoms with Crippen LogP contribution in [0.2, 0.25) is 0 Å². The van der Waals surface area contributed by atoms with Crippen LogP contribution in [0.15, 0.2) is 47.5 Å². The van der Waals surface area contributed by atoms with Crippen molar-refractivity contribution >= 4 is 44.9 Å². The van der Waals surface area contributed by atoms with Gasteiger partial charge in [0.2, 0.25) is 0 Å². The van der Waals surface area contributed by atoms with Gasteiger partial charge < -0.3 is 11.1 Å². The van der Waals surface area contributed by atoms with E-state index in [1.807, 2.05) is 30.5 Å². The Balaban J connectivity index is 1.42. The van der Waals surface area contributed by atoms with Gasteiger partial charge in [-0.3, -0.25) is 14.6 Å². The molecule has 4 N–H and O–H groups in total. The number of hydrogen-bond donors (Lipinski definition) is 3. The highest BCUT2D eigenvalue weighted by Crippen LogP contribution is 2.29. The minimum atomic E-state index is -0.194. The number of nitrogens with zero attached hydrogens (tertiary/aromatic N) is 5. The van der Waals surface area contributed by atoms with E-state index >= 15 is 0 Å². The number of pyridine rings is 1. The molecular formula is C19H16N8OS. The number of hydrogen-bond acceptors (Lipinski definition) is 7. The standard InChI is InChI=1S/C19H16N8OS/c20-18-17-13(8-27(26-17)6-5-21-19(28)16-9-29-10-22-16)12-2-1-11(7-15(12)24-18)14-3-4-23-25-14/h1-4,7-10H,5-6H2,(H2,20,24)(H,21,28)(H,23,25). The van der Waals surface area contributed by atoms with Gasteiger partial charge in [0.1, 0.15) is 11.2 Å². The highest BCUT2D eigenvalue weighted by molar-refractivity contribution is 7.07. The quantitative estimate of drug-likeness (QED) is 0.413. The van der Waals surface area contributed by atoms with E-state index in [1.165, 1.54) is 11.3 Å². The van der Waals surface area contributed by atoms with Crippen LogP contribution < -0.4 is 11.1 Å². The van der Waals surface area contributed by atoms with Crippen LogP contribution in [-0.2, 0) is 6.54 Å². The van der Waals surface area contributed by atoms with E-state index < -0.39 is 0 Å². The second kappa shape index (κ2) is 6.99. The number of anilines is 1. The molecule has 29 heavy (non-hydrogen) atoms. The molecule has 1 amide bonds. The number of benzene rings is 1. The predicted octanol–water partition coefficient (Wildman–Crippen LogP) is 2.44. The zero-order chi connectivity index (χ0) is 19.8. The summed E-state index contributed by atoms with van der Waals surface area (Å²) in [5.41, 5.74) is 11.6. The van der Waals surface area contributed by atoms with Crippen LogP contribution in [0.25, 0.3) is 33.1 Å². The summed E-state index contributed by atoms with van der Waals surface area (Å²) in [6.45, 7) is 0.942. The molecule has 5 aromatic rings. The van der Waals surface area contributed by atoms with Crippen LogP contribution in [0.3, 0.4) is 0 Å². The third-order valence-corrected chi connectivity index (χ3v) is 5.22. The van der Waals surface area contributed by atoms with Gasteiger partial charge in [-0.2, -0.15) is 10.2 Å². The fourth-order valence-electron chi connectivity index (χ4n) is 3.24. The Kier molecular flexibility index (Phi) is 4.17. The highest BCUT2D eigenvalue weighted by Gasteiger charge is 2.13. The monoisotopic (exact) mass is 404 g/mol. The number of nitrogens with one attached hydrogen (secondary N) is 2. The third kappa shape index (κ3) is 3.19. The number of rotatable bonds is 5. The van der Waals surface area contributed by atoms with E-state index in [-0.39, 0.29) is 5.91 Å². The molecule has 0 saturated carbocycles. The van der Waals surface area contributed by atoms with Gasteiger partial charge in [0.25, 0.3) is 5.91 Å². The molecule has 0 spiro atoms. The topological polar surface area (TPSA) is 127 Å². The normalized spacial score (nSPS) is 11.3. The molecule has 9 nitrogen and oxygen atoms in total. The van der Waals surface area contributed by atoms with E-state index in [2.05, 4.69) is 30.6 Å². The van der Waals surface area contributed by atoms with Crippen molar-refractivity contribution in [2.45, 2.75) is 6.54 Å². The number of carbonyl (C=O) groups excluding carboxylic acids is 1. The molecule has 10 heteroatoms. The van der Waals surface area contributed by atoms with E-state index in [9.17, 15) is 4.79 Å². The Morgan fingerprint density at radius 1 is 1.28 bits per heavy atom. The number of carbonyl (C=O) groups is 1. The van der Waals surface area contributed by atoms with Crippen molar-refractivity contribution < 1.29 is 4.79 Å². The maximum absolute atomic E-state index is 12.0. The zero-order valence-corrected chi connectivity index (χ0v) is 16.0. The number of fused-ring (bicyclic) bond motifs is 3. The molecule has 0 aliphatic carbocycles. The number of nitrogen functional groups attached to an aromatic ring is 1. The van der Waals surface area contributed by atoms with Gasteiger partial charge in [-0.1, -0.05) is 12.1 Å². The minimum absolute atomic E-state index is 0.194. The predicted molar refractivity (Wildman–Crippen MR) is 111 cm³/mol. The van der Waals surface area contributed by atoms with E-state index in [0.29, 0.717) is 30.1 Å². The molecule has 0 aliphatic heterocycles. The van der Waals surface area contributed by atoms with E-state index in [4.69, 9.17) is 5.73 Å². The second-order valence-electron chi connectivity index (χ2n) is 6.48. The molecule has 0 unspecified atom stereocenters. The minimum Gasteiger partial charge on any atom is -0.382 e. The van der Waals surface area contributed by atoms with Crippen molar-refractivity contribution in [3.05, 3.63) is 53.2 Å². The molecule has 4 aromatic heterocycles. The molecule has 0 fully saturated rings. The largest absolute Gasteiger partial charge is 0.382 e. The first-order valence-electron chi connectivity index (χ1n) is 8.91. The van der Waals surface area contributed by atoms with Crippen LogP contribution in [0, 0.1) is 0 Å². The zero-order valence-electron chi connectivity index (χ0n) is 15.2. The second-order valence-corrected chi connectivity index (χ2v) is 7.20. The van der Waals surface area contributed by atoms with Crippen molar-refractivity contribution in [2.24, 2.45) is 0 Å². The summed E-state index contributed by atoms with van der Waals surface area (Å²) in [5, 5.41) is 17.9. The lowest BCUT2D eigenvalue weighted by molar-refractivity contribution is 0.0947. The number of thiazole rings is 1. The summed E-state index contributed by atoms with van der Waals surface area (Å²) < 4.78 is 1.77. The number of aromatic amines is 1. The molecule has 4 heterocycles. The number of aromatic nitrogens is 6. The summed E-state index contributed by atoms with van der Waals surface area (Å²) >= 11 is 1.39. The highest BCUT2D eigenvalue weighted by atomic mass is 32.1. The average Bonchev–Trinajstić information content (AvgIpc) is 3.48. The van der Waals surface area contributed by atoms with Crippen molar-refractivity contribution in [3.63, 3.8) is 0 Å². The van der Waals surface area contributed by atoms with E-state index in [0.717, 1.165) is 27.5 Å². The van der Waals surface area contributed by atoms with Gasteiger partial charge in [0, 0.05) is 40.7 Å². The molecule has 1 aromatic carbocycles. The van der Waals surface area contributed by atoms with Crippen LogP contribution in [0.1, 0.15) is 10.5 Å². The Morgan fingerprint density at radius 3 is 3.00 bits per heavy atom. The van der Waals surface area contributed by atoms with Gasteiger partial charge in [-0.15, -0.1) is 11.3 Å². The Morgan fingerprint density at radius 2 is 2.21 bits per heavy atom. The lowest BCUT2D eigenvalue weighted by Gasteiger charge is -2.03. The molecule has 144 valence electrons. The molecule has 0 aliphatic rings. The van der Waals surface area contributed by atoms with Gasteiger partial charge >= 0.3 is 0 Å². The third-order valence-electron chi connectivity index (χ3n) is 4.64. The molecular weight excluding hydrogens is 388 g/mol. The number of nitrogens with two attached hydrogens (primary N) is 1. The summed E-state index contributed by atoms with van der Waals surface area (Å²) in [6, 6.07) is 7.90. The SMILES string of the molecule is Nc1nc2cc(-c3ccn[nH]3)ccc2c2cn(CCNC(=O)c3cscn3)nc12. The Hall–Kier alpha value is -3.79. The van der Waals surface area contributed by atoms with Gasteiger partial charge in [0.15, 0.2) is 5.82 Å². The Labute approximate surface area is 168 Å². The maximum Gasteiger partial charge on any atom is 0.270 e. The van der Waals surface area contributed by atoms with Crippen molar-refractivity contribution in [1.82, 2.24) is 35.3 Å². The first-order valence-corrected chi connectivity index (χ1v) is 9.86. The van der Waals surface area contributed by atoms with Crippen LogP contribution in [0.4, 0.5) is 5.82 Å². The smallest absolute Gasteiger partial charge is 0.270 e. The van der Waals surface area contributed by atoms with E-state index in [1.54, 1.807) is 21.8 Å². The van der Waals surface area contributed by atoms with Crippen LogP contribution in [-0.4, -0.2) is 42.4 Å². The molecule has 0 atom stereocenters. The van der Waals surface area contributed by atoms with Gasteiger partial charge in [-0.05, 0) is 12.1 Å². The summed E-state index contributed by atoms with van der Waals surface area (Å²) in [5.74, 6) is 0.181. The summed E-state index contributed by atoms with van der Waals surface area (Å²) in [6.07, 6.45) is 3.64. The lowest BCUT2D eigenvalue weighted by atomic mass is 10.1. The van der Waals surface area contributed by atoms with Crippen molar-refractivity contribution in [2.75, 3.05) is 12.3 Å². The van der Waals surface area contributed by atoms with Crippen molar-refractivity contribution in [3.8, 4) is 11.3 Å². The van der Waals surface area contributed by atoms with Crippen molar-refractivity contribution in [1.29, 1.82) is 0 Å². The molecule has 5 rings (SSSR count). The first kappa shape index (κ1) is 17.3. The fourth-order valence-corrected chi connectivity index (χ4v) is 3.77. The maximum atomic E-state index is 12.0. The molecule has 0 radical (unpaired) electrons. The average molecular weight is 404 g/mol. The molecule has 0 saturated heterocycles. The molecule has 0 bridgehead atoms. The van der Waals surface area contributed by atoms with Gasteiger partial charge in [0.05, 0.1) is 23.3 Å². The number of amides is 1. The fraction of sp³-hybridized carbons (Fsp3) is 0.105. The summed E-state index contributed by atoms with van der Waals surface area (Å²) in [4.78, 5) is 20.5. The first-order chi connectivity index (χ1) is 14.2. The van der Waals surface area contributed by atoms with Crippen LogP contribution in [0.5, 0.6) is 0 Å². The van der Waals surface area contributed by atoms with Gasteiger partial charge in [-0.25, -0.2) is 9.97 Å².